The summed E-state index contributed by atoms with van der Waals surface area (Å²) in [5.74, 6) is 3.06. The molecule has 9 heteroatoms. The van der Waals surface area contributed by atoms with E-state index in [-0.39, 0.29) is 0 Å². The molecule has 0 atom stereocenters. The van der Waals surface area contributed by atoms with Gasteiger partial charge in [-0.15, -0.1) is 0 Å². The minimum Gasteiger partial charge on any atom is -0.741 e. The first-order valence-corrected chi connectivity index (χ1v) is 9.99. The molecule has 2 aromatic carbocycles. The van der Waals surface area contributed by atoms with Gasteiger partial charge in [0, 0.05) is 21.7 Å². The van der Waals surface area contributed by atoms with Crippen LogP contribution in [0.25, 0.3) is 10.8 Å². The molecular formula is C15H15F3O4S2. The summed E-state index contributed by atoms with van der Waals surface area (Å²) in [6.07, 6.45) is 2.72. The third-order valence-corrected chi connectivity index (χ3v) is 6.59. The lowest BCUT2D eigenvalue weighted by molar-refractivity contribution is -0.0517. The molecule has 1 heterocycles. The third-order valence-electron chi connectivity index (χ3n) is 3.49. The zero-order chi connectivity index (χ0) is 18.0. The summed E-state index contributed by atoms with van der Waals surface area (Å²) >= 11 is 0. The Kier molecular flexibility index (Phi) is 5.67. The first-order chi connectivity index (χ1) is 11.1. The zero-order valence-electron chi connectivity index (χ0n) is 12.4. The van der Waals surface area contributed by atoms with Crippen LogP contribution in [0.5, 0.6) is 5.75 Å². The molecular weight excluding hydrogens is 365 g/mol. The van der Waals surface area contributed by atoms with Gasteiger partial charge in [-0.1, -0.05) is 18.2 Å². The van der Waals surface area contributed by atoms with Crippen LogP contribution in [0.2, 0.25) is 0 Å². The summed E-state index contributed by atoms with van der Waals surface area (Å²) in [6, 6.07) is 12.2. The van der Waals surface area contributed by atoms with Crippen molar-refractivity contribution in [2.24, 2.45) is 0 Å². The van der Waals surface area contributed by atoms with Crippen LogP contribution in [-0.2, 0) is 21.0 Å². The zero-order valence-corrected chi connectivity index (χ0v) is 14.0. The van der Waals surface area contributed by atoms with E-state index in [4.69, 9.17) is 13.0 Å². The van der Waals surface area contributed by atoms with E-state index in [1.54, 1.807) is 0 Å². The molecule has 0 saturated carbocycles. The van der Waals surface area contributed by atoms with E-state index in [1.807, 2.05) is 18.2 Å². The van der Waals surface area contributed by atoms with Gasteiger partial charge in [-0.25, -0.2) is 8.42 Å². The smallest absolute Gasteiger partial charge is 0.485 e. The van der Waals surface area contributed by atoms with E-state index < -0.39 is 15.6 Å². The number of phenolic OH excluding ortho intramolecular Hbond substituents is 1. The Morgan fingerprint density at radius 2 is 1.50 bits per heavy atom. The number of aromatic hydroxyl groups is 1. The Bertz CT molecular complexity index is 813. The van der Waals surface area contributed by atoms with Crippen LogP contribution in [0.1, 0.15) is 12.8 Å². The summed E-state index contributed by atoms with van der Waals surface area (Å²) in [7, 11) is -5.67. The van der Waals surface area contributed by atoms with Crippen LogP contribution in [0.3, 0.4) is 0 Å². The maximum Gasteiger partial charge on any atom is 0.485 e. The predicted molar refractivity (Wildman–Crippen MR) is 86.0 cm³/mol. The van der Waals surface area contributed by atoms with E-state index in [1.165, 1.54) is 34.6 Å². The number of hydrogen-bond donors (Lipinski definition) is 1. The van der Waals surface area contributed by atoms with Crippen molar-refractivity contribution in [1.29, 1.82) is 0 Å². The molecule has 1 aliphatic rings. The maximum atomic E-state index is 10.7. The quantitative estimate of drug-likeness (QED) is 0.467. The van der Waals surface area contributed by atoms with Crippen molar-refractivity contribution in [1.82, 2.24) is 0 Å². The van der Waals surface area contributed by atoms with Crippen molar-refractivity contribution in [3.8, 4) is 5.75 Å². The lowest BCUT2D eigenvalue weighted by Crippen LogP contribution is -2.21. The molecule has 2 aromatic rings. The molecule has 0 unspecified atom stereocenters. The largest absolute Gasteiger partial charge is 0.741 e. The van der Waals surface area contributed by atoms with Gasteiger partial charge in [0.05, 0.1) is 0 Å². The van der Waals surface area contributed by atoms with Gasteiger partial charge < -0.3 is 9.66 Å². The highest BCUT2D eigenvalue weighted by molar-refractivity contribution is 7.97. The third kappa shape index (κ3) is 4.34. The fourth-order valence-electron chi connectivity index (χ4n) is 2.38. The number of phenols is 1. The lowest BCUT2D eigenvalue weighted by atomic mass is 10.1. The van der Waals surface area contributed by atoms with Crippen LogP contribution in [0.4, 0.5) is 13.2 Å². The number of alkyl halides is 3. The van der Waals surface area contributed by atoms with Crippen LogP contribution < -0.4 is 0 Å². The normalized spacial score (nSPS) is 16.0. The summed E-state index contributed by atoms with van der Waals surface area (Å²) in [5.41, 5.74) is -5.65. The van der Waals surface area contributed by atoms with E-state index >= 15 is 0 Å². The Morgan fingerprint density at radius 3 is 2.00 bits per heavy atom. The molecule has 0 aliphatic carbocycles. The number of halogens is 3. The van der Waals surface area contributed by atoms with Gasteiger partial charge in [0.2, 0.25) is 0 Å². The SMILES string of the molecule is O=S(=O)([O-])C(F)(F)F.Oc1ccc([S+]2CCCC2)c2ccccc12. The van der Waals surface area contributed by atoms with Crippen molar-refractivity contribution in [3.05, 3.63) is 36.4 Å². The highest BCUT2D eigenvalue weighted by Crippen LogP contribution is 2.33. The van der Waals surface area contributed by atoms with Crippen molar-refractivity contribution in [3.63, 3.8) is 0 Å². The molecule has 24 heavy (non-hydrogen) atoms. The predicted octanol–water partition coefficient (Wildman–Crippen LogP) is 3.37. The number of benzene rings is 2. The van der Waals surface area contributed by atoms with E-state index in [9.17, 15) is 18.3 Å². The first-order valence-electron chi connectivity index (χ1n) is 7.01. The molecule has 1 N–H and O–H groups in total. The minimum atomic E-state index is -6.09. The Morgan fingerprint density at radius 1 is 1.00 bits per heavy atom. The molecule has 0 radical (unpaired) electrons. The number of hydrogen-bond acceptors (Lipinski definition) is 4. The maximum absolute atomic E-state index is 10.7. The summed E-state index contributed by atoms with van der Waals surface area (Å²) in [5, 5.41) is 12.1. The summed E-state index contributed by atoms with van der Waals surface area (Å²) < 4.78 is 58.9. The highest BCUT2D eigenvalue weighted by Gasteiger charge is 2.36. The summed E-state index contributed by atoms with van der Waals surface area (Å²) in [4.78, 5) is 1.45. The molecule has 1 fully saturated rings. The molecule has 4 nitrogen and oxygen atoms in total. The van der Waals surface area contributed by atoms with Crippen molar-refractivity contribution >= 4 is 31.8 Å². The van der Waals surface area contributed by atoms with Gasteiger partial charge in [0.1, 0.15) is 17.3 Å². The Hall–Kier alpha value is -1.45. The molecule has 0 bridgehead atoms. The van der Waals surface area contributed by atoms with Gasteiger partial charge >= 0.3 is 5.51 Å². The van der Waals surface area contributed by atoms with E-state index in [2.05, 4.69) is 18.2 Å². The minimum absolute atomic E-state index is 0.405. The Labute approximate surface area is 140 Å². The second-order valence-electron chi connectivity index (χ2n) is 5.14. The average molecular weight is 380 g/mol. The average Bonchev–Trinajstić information content (AvgIpc) is 3.00. The van der Waals surface area contributed by atoms with E-state index in [0.29, 0.717) is 16.6 Å². The fraction of sp³-hybridized carbons (Fsp3) is 0.333. The van der Waals surface area contributed by atoms with Gasteiger partial charge in [0.15, 0.2) is 15.0 Å². The van der Waals surface area contributed by atoms with Crippen molar-refractivity contribution in [2.75, 3.05) is 11.5 Å². The summed E-state index contributed by atoms with van der Waals surface area (Å²) in [6.45, 7) is 0. The molecule has 0 amide bonds. The lowest BCUT2D eigenvalue weighted by Gasteiger charge is -2.08. The number of fused-ring (bicyclic) bond motifs is 1. The van der Waals surface area contributed by atoms with Gasteiger partial charge in [-0.3, -0.25) is 0 Å². The second kappa shape index (κ2) is 7.20. The van der Waals surface area contributed by atoms with Gasteiger partial charge in [-0.2, -0.15) is 13.2 Å². The van der Waals surface area contributed by atoms with Crippen molar-refractivity contribution < 1.29 is 31.2 Å². The molecule has 3 rings (SSSR count). The van der Waals surface area contributed by atoms with Crippen molar-refractivity contribution in [2.45, 2.75) is 23.2 Å². The van der Waals surface area contributed by atoms with Crippen LogP contribution in [-0.4, -0.2) is 35.1 Å². The van der Waals surface area contributed by atoms with Crippen LogP contribution in [0, 0.1) is 0 Å². The fourth-order valence-corrected chi connectivity index (χ4v) is 4.88. The van der Waals surface area contributed by atoms with Crippen LogP contribution >= 0.6 is 0 Å². The molecule has 1 saturated heterocycles. The van der Waals surface area contributed by atoms with Gasteiger partial charge in [-0.05, 0) is 31.0 Å². The number of rotatable bonds is 1. The molecule has 0 spiro atoms. The Balaban J connectivity index is 0.000000224. The molecule has 132 valence electrons. The topological polar surface area (TPSA) is 77.4 Å². The van der Waals surface area contributed by atoms with E-state index in [0.717, 1.165) is 5.39 Å². The molecule has 1 aliphatic heterocycles. The standard InChI is InChI=1S/C14H14OS.CHF3O3S/c15-13-7-8-14(16-9-3-4-10-16)12-6-2-1-5-11(12)13;2-1(3,4)8(5,6)7/h1-2,5-8H,3-4,9-10H2;(H,5,6,7). The highest BCUT2D eigenvalue weighted by atomic mass is 32.2. The van der Waals surface area contributed by atoms with Gasteiger partial charge in [0.25, 0.3) is 0 Å². The second-order valence-corrected chi connectivity index (χ2v) is 8.75. The first kappa shape index (κ1) is 18.9. The van der Waals surface area contributed by atoms with Crippen LogP contribution in [0.15, 0.2) is 41.3 Å². The monoisotopic (exact) mass is 380 g/mol. The molecule has 0 aromatic heterocycles.